The normalized spacial score (nSPS) is 13.3. The lowest BCUT2D eigenvalue weighted by molar-refractivity contribution is -0.384. The number of rotatable bonds is 5. The van der Waals surface area contributed by atoms with Crippen molar-refractivity contribution in [1.29, 1.82) is 0 Å². The summed E-state index contributed by atoms with van der Waals surface area (Å²) in [5.74, 6) is 0. The molecule has 0 heterocycles. The third kappa shape index (κ3) is 3.54. The molecule has 0 radical (unpaired) electrons. The number of nitrogens with two attached hydrogens (primary N) is 1. The first-order valence-corrected chi connectivity index (χ1v) is 7.29. The van der Waals surface area contributed by atoms with Crippen LogP contribution in [0.5, 0.6) is 0 Å². The zero-order valence-corrected chi connectivity index (χ0v) is 12.1. The van der Waals surface area contributed by atoms with E-state index < -0.39 is 36.6 Å². The zero-order chi connectivity index (χ0) is 14.8. The van der Waals surface area contributed by atoms with Gasteiger partial charge in [0, 0.05) is 12.6 Å². The number of nitro benzene ring substituents is 1. The maximum absolute atomic E-state index is 12.0. The van der Waals surface area contributed by atoms with E-state index in [1.165, 1.54) is 0 Å². The molecule has 10 heteroatoms. The van der Waals surface area contributed by atoms with Gasteiger partial charge >= 0.3 is 5.69 Å². The summed E-state index contributed by atoms with van der Waals surface area (Å²) in [5.41, 5.74) is 4.66. The van der Waals surface area contributed by atoms with Crippen molar-refractivity contribution in [2.45, 2.75) is 17.9 Å². The van der Waals surface area contributed by atoms with Gasteiger partial charge in [-0.3, -0.25) is 10.1 Å². The minimum absolute atomic E-state index is 0.0759. The molecule has 0 aliphatic rings. The Morgan fingerprint density at radius 1 is 1.47 bits per heavy atom. The molecule has 0 bridgehead atoms. The number of hydrogen-bond acceptors (Lipinski definition) is 5. The first-order chi connectivity index (χ1) is 8.70. The van der Waals surface area contributed by atoms with Gasteiger partial charge in [-0.1, -0.05) is 23.2 Å². The Hall–Kier alpha value is -0.930. The number of nitro groups is 1. The van der Waals surface area contributed by atoms with Crippen LogP contribution >= 0.6 is 23.2 Å². The molecule has 0 spiro atoms. The molecule has 0 fully saturated rings. The summed E-state index contributed by atoms with van der Waals surface area (Å²) in [7, 11) is -4.00. The monoisotopic (exact) mass is 327 g/mol. The molecule has 1 atom stereocenters. The molecule has 1 rings (SSSR count). The molecule has 106 valence electrons. The second-order valence-corrected chi connectivity index (χ2v) is 6.19. The molecule has 0 saturated heterocycles. The van der Waals surface area contributed by atoms with E-state index in [1.807, 2.05) is 0 Å². The summed E-state index contributed by atoms with van der Waals surface area (Å²) in [6.45, 7) is 1.63. The van der Waals surface area contributed by atoms with Crippen LogP contribution in [-0.2, 0) is 10.0 Å². The van der Waals surface area contributed by atoms with Crippen LogP contribution in [0.1, 0.15) is 6.92 Å². The number of nitrogens with one attached hydrogen (secondary N) is 1. The quantitative estimate of drug-likeness (QED) is 0.628. The van der Waals surface area contributed by atoms with E-state index in [0.29, 0.717) is 0 Å². The summed E-state index contributed by atoms with van der Waals surface area (Å²) < 4.78 is 26.2. The number of halogens is 2. The summed E-state index contributed by atoms with van der Waals surface area (Å²) in [5, 5.41) is 10.0. The molecule has 1 aromatic carbocycles. The largest absolute Gasteiger partial charge is 0.329 e. The summed E-state index contributed by atoms with van der Waals surface area (Å²) >= 11 is 11.4. The average molecular weight is 328 g/mol. The van der Waals surface area contributed by atoms with Gasteiger partial charge in [-0.05, 0) is 19.1 Å². The van der Waals surface area contributed by atoms with Crippen LogP contribution < -0.4 is 10.5 Å². The summed E-state index contributed by atoms with van der Waals surface area (Å²) in [4.78, 5) is 9.55. The highest BCUT2D eigenvalue weighted by Crippen LogP contribution is 2.36. The van der Waals surface area contributed by atoms with Crippen LogP contribution in [0.3, 0.4) is 0 Å². The van der Waals surface area contributed by atoms with E-state index in [1.54, 1.807) is 6.92 Å². The van der Waals surface area contributed by atoms with Crippen molar-refractivity contribution in [3.05, 3.63) is 32.3 Å². The molecular weight excluding hydrogens is 317 g/mol. The van der Waals surface area contributed by atoms with Crippen molar-refractivity contribution in [3.8, 4) is 0 Å². The molecule has 0 amide bonds. The average Bonchev–Trinajstić information content (AvgIpc) is 2.27. The molecule has 0 aliphatic carbocycles. The molecule has 1 unspecified atom stereocenters. The van der Waals surface area contributed by atoms with Gasteiger partial charge in [0.2, 0.25) is 10.0 Å². The van der Waals surface area contributed by atoms with E-state index in [4.69, 9.17) is 28.9 Å². The molecule has 19 heavy (non-hydrogen) atoms. The third-order valence-corrected chi connectivity index (χ3v) is 4.65. The second-order valence-electron chi connectivity index (χ2n) is 3.72. The second kappa shape index (κ2) is 6.02. The first-order valence-electron chi connectivity index (χ1n) is 5.05. The van der Waals surface area contributed by atoms with Gasteiger partial charge in [-0.25, -0.2) is 13.1 Å². The van der Waals surface area contributed by atoms with E-state index in [2.05, 4.69) is 4.72 Å². The van der Waals surface area contributed by atoms with Crippen molar-refractivity contribution in [1.82, 2.24) is 4.72 Å². The highest BCUT2D eigenvalue weighted by molar-refractivity contribution is 7.89. The highest BCUT2D eigenvalue weighted by atomic mass is 35.5. The van der Waals surface area contributed by atoms with Gasteiger partial charge in [0.1, 0.15) is 14.9 Å². The third-order valence-electron chi connectivity index (χ3n) is 2.21. The number of benzene rings is 1. The number of nitrogens with zero attached hydrogens (tertiary/aromatic N) is 1. The molecule has 1 aromatic rings. The standard InChI is InChI=1S/C9H11Cl2N3O4S/c1-5(4-12)13-19(17,18)7-3-2-6(10)9(8(7)11)14(15)16/h2-3,5,13H,4,12H2,1H3. The Balaban J connectivity index is 3.37. The Kier molecular flexibility index (Phi) is 5.11. The van der Waals surface area contributed by atoms with Gasteiger partial charge in [-0.2, -0.15) is 0 Å². The highest BCUT2D eigenvalue weighted by Gasteiger charge is 2.28. The molecule has 0 aromatic heterocycles. The van der Waals surface area contributed by atoms with Crippen molar-refractivity contribution >= 4 is 38.9 Å². The van der Waals surface area contributed by atoms with Crippen molar-refractivity contribution < 1.29 is 13.3 Å². The Labute approximate surface area is 119 Å². The Morgan fingerprint density at radius 2 is 2.05 bits per heavy atom. The smallest absolute Gasteiger partial charge is 0.307 e. The van der Waals surface area contributed by atoms with Gasteiger partial charge in [0.05, 0.1) is 4.92 Å². The minimum atomic E-state index is -4.00. The fraction of sp³-hybridized carbons (Fsp3) is 0.333. The van der Waals surface area contributed by atoms with E-state index in [0.717, 1.165) is 12.1 Å². The number of hydrogen-bond donors (Lipinski definition) is 2. The van der Waals surface area contributed by atoms with E-state index in [-0.39, 0.29) is 11.6 Å². The molecular formula is C9H11Cl2N3O4S. The van der Waals surface area contributed by atoms with Crippen LogP contribution in [0.15, 0.2) is 17.0 Å². The maximum Gasteiger partial charge on any atom is 0.307 e. The van der Waals surface area contributed by atoms with Crippen LogP contribution in [-0.4, -0.2) is 25.9 Å². The lowest BCUT2D eigenvalue weighted by Crippen LogP contribution is -2.37. The SMILES string of the molecule is CC(CN)NS(=O)(=O)c1ccc(Cl)c([N+](=O)[O-])c1Cl. The van der Waals surface area contributed by atoms with E-state index in [9.17, 15) is 18.5 Å². The van der Waals surface area contributed by atoms with Crippen molar-refractivity contribution in [3.63, 3.8) is 0 Å². The molecule has 3 N–H and O–H groups in total. The Bertz CT molecular complexity index is 606. The van der Waals surface area contributed by atoms with Crippen LogP contribution in [0.4, 0.5) is 5.69 Å². The van der Waals surface area contributed by atoms with Crippen molar-refractivity contribution in [2.75, 3.05) is 6.54 Å². The van der Waals surface area contributed by atoms with E-state index >= 15 is 0 Å². The number of sulfonamides is 1. The van der Waals surface area contributed by atoms with Crippen LogP contribution in [0.2, 0.25) is 10.0 Å². The lowest BCUT2D eigenvalue weighted by Gasteiger charge is -2.13. The predicted molar refractivity (Wildman–Crippen MR) is 72.0 cm³/mol. The Morgan fingerprint density at radius 3 is 2.53 bits per heavy atom. The van der Waals surface area contributed by atoms with Gasteiger partial charge < -0.3 is 5.73 Å². The molecule has 7 nitrogen and oxygen atoms in total. The van der Waals surface area contributed by atoms with Gasteiger partial charge in [0.15, 0.2) is 0 Å². The summed E-state index contributed by atoms with van der Waals surface area (Å²) in [6.07, 6.45) is 0. The predicted octanol–water partition coefficient (Wildman–Crippen LogP) is 1.53. The molecule has 0 saturated carbocycles. The maximum atomic E-state index is 12.0. The molecule has 0 aliphatic heterocycles. The fourth-order valence-electron chi connectivity index (χ4n) is 1.27. The van der Waals surface area contributed by atoms with Gasteiger partial charge in [0.25, 0.3) is 0 Å². The topological polar surface area (TPSA) is 115 Å². The van der Waals surface area contributed by atoms with Gasteiger partial charge in [-0.15, -0.1) is 0 Å². The van der Waals surface area contributed by atoms with Crippen LogP contribution in [0.25, 0.3) is 0 Å². The fourth-order valence-corrected chi connectivity index (χ4v) is 3.42. The first kappa shape index (κ1) is 16.1. The summed E-state index contributed by atoms with van der Waals surface area (Å²) in [6, 6.07) is 1.67. The van der Waals surface area contributed by atoms with Crippen molar-refractivity contribution in [2.24, 2.45) is 5.73 Å². The lowest BCUT2D eigenvalue weighted by atomic mass is 10.3. The van der Waals surface area contributed by atoms with Crippen LogP contribution in [0, 0.1) is 10.1 Å². The minimum Gasteiger partial charge on any atom is -0.329 e. The zero-order valence-electron chi connectivity index (χ0n) is 9.76.